The fraction of sp³-hybridized carbons (Fsp3) is 0.833. The molecule has 0 bridgehead atoms. The van der Waals surface area contributed by atoms with Crippen molar-refractivity contribution in [2.24, 2.45) is 5.73 Å². The predicted molar refractivity (Wildman–Crippen MR) is 31.7 cm³/mol. The molecule has 1 unspecified atom stereocenters. The molecule has 0 radical (unpaired) electrons. The lowest BCUT2D eigenvalue weighted by molar-refractivity contribution is -0.126. The molecule has 2 N–H and O–H groups in total. The molecular weight excluding hydrogens is 121 g/mol. The minimum Gasteiger partial charge on any atom is -0.322 e. The van der Waals surface area contributed by atoms with Crippen LogP contribution >= 0.6 is 0 Å². The topological polar surface area (TPSA) is 43.1 Å². The van der Waals surface area contributed by atoms with Gasteiger partial charge in [-0.15, -0.1) is 0 Å². The standard InChI is InChI=1S/C6H10FNO/c1-4(8)5(9)6(7)2-3-6/h4H,2-3,8H2,1H3. The number of Topliss-reactive ketones (excluding diaryl/α,β-unsaturated/α-hetero) is 1. The van der Waals surface area contributed by atoms with Crippen LogP contribution in [-0.4, -0.2) is 17.5 Å². The summed E-state index contributed by atoms with van der Waals surface area (Å²) in [7, 11) is 0. The zero-order chi connectivity index (χ0) is 7.07. The summed E-state index contributed by atoms with van der Waals surface area (Å²) in [6.07, 6.45) is 0.737. The quantitative estimate of drug-likeness (QED) is 0.589. The smallest absolute Gasteiger partial charge is 0.186 e. The molecule has 0 aromatic heterocycles. The monoisotopic (exact) mass is 131 g/mol. The molecule has 1 atom stereocenters. The zero-order valence-corrected chi connectivity index (χ0v) is 5.36. The van der Waals surface area contributed by atoms with Crippen molar-refractivity contribution in [3.8, 4) is 0 Å². The van der Waals surface area contributed by atoms with E-state index in [-0.39, 0.29) is 0 Å². The summed E-state index contributed by atoms with van der Waals surface area (Å²) in [6.45, 7) is 1.52. The summed E-state index contributed by atoms with van der Waals surface area (Å²) >= 11 is 0. The van der Waals surface area contributed by atoms with E-state index < -0.39 is 17.5 Å². The lowest BCUT2D eigenvalue weighted by atomic mass is 10.1. The number of nitrogens with two attached hydrogens (primary N) is 1. The largest absolute Gasteiger partial charge is 0.322 e. The first-order valence-electron chi connectivity index (χ1n) is 3.05. The van der Waals surface area contributed by atoms with E-state index in [1.54, 1.807) is 0 Å². The number of halogens is 1. The van der Waals surface area contributed by atoms with Gasteiger partial charge in [0.05, 0.1) is 6.04 Å². The van der Waals surface area contributed by atoms with Crippen molar-refractivity contribution >= 4 is 5.78 Å². The fourth-order valence-corrected chi connectivity index (χ4v) is 0.764. The van der Waals surface area contributed by atoms with Gasteiger partial charge in [-0.05, 0) is 19.8 Å². The maximum absolute atomic E-state index is 12.7. The Bertz CT molecular complexity index is 140. The molecule has 9 heavy (non-hydrogen) atoms. The van der Waals surface area contributed by atoms with E-state index >= 15 is 0 Å². The first-order chi connectivity index (χ1) is 4.06. The van der Waals surface area contributed by atoms with Crippen molar-refractivity contribution in [2.45, 2.75) is 31.5 Å². The third-order valence-corrected chi connectivity index (χ3v) is 1.54. The Balaban J connectivity index is 2.53. The van der Waals surface area contributed by atoms with Gasteiger partial charge in [0.1, 0.15) is 0 Å². The Morgan fingerprint density at radius 2 is 2.22 bits per heavy atom. The summed E-state index contributed by atoms with van der Waals surface area (Å²) in [5.41, 5.74) is 3.64. The van der Waals surface area contributed by atoms with Crippen LogP contribution in [0.15, 0.2) is 0 Å². The maximum Gasteiger partial charge on any atom is 0.186 e. The molecule has 2 nitrogen and oxygen atoms in total. The number of carbonyl (C=O) groups is 1. The summed E-state index contributed by atoms with van der Waals surface area (Å²) in [4.78, 5) is 10.7. The van der Waals surface area contributed by atoms with Crippen molar-refractivity contribution in [1.29, 1.82) is 0 Å². The highest BCUT2D eigenvalue weighted by atomic mass is 19.1. The Morgan fingerprint density at radius 3 is 2.33 bits per heavy atom. The Hall–Kier alpha value is -0.440. The van der Waals surface area contributed by atoms with Crippen molar-refractivity contribution in [2.75, 3.05) is 0 Å². The van der Waals surface area contributed by atoms with Crippen LogP contribution in [0.5, 0.6) is 0 Å². The van der Waals surface area contributed by atoms with Gasteiger partial charge in [0.15, 0.2) is 11.5 Å². The molecule has 1 aliphatic carbocycles. The van der Waals surface area contributed by atoms with Gasteiger partial charge < -0.3 is 5.73 Å². The van der Waals surface area contributed by atoms with Crippen LogP contribution in [0.4, 0.5) is 4.39 Å². The van der Waals surface area contributed by atoms with Crippen LogP contribution in [0.2, 0.25) is 0 Å². The van der Waals surface area contributed by atoms with Crippen LogP contribution in [0.25, 0.3) is 0 Å². The SMILES string of the molecule is CC(N)C(=O)C1(F)CC1. The van der Waals surface area contributed by atoms with Gasteiger partial charge in [-0.25, -0.2) is 4.39 Å². The average Bonchev–Trinajstić information content (AvgIpc) is 2.47. The highest BCUT2D eigenvalue weighted by molar-refractivity contribution is 5.93. The Morgan fingerprint density at radius 1 is 1.78 bits per heavy atom. The van der Waals surface area contributed by atoms with E-state index in [1.165, 1.54) is 6.92 Å². The minimum atomic E-state index is -1.53. The number of ketones is 1. The van der Waals surface area contributed by atoms with Gasteiger partial charge in [-0.3, -0.25) is 4.79 Å². The number of hydrogen-bond donors (Lipinski definition) is 1. The van der Waals surface area contributed by atoms with Crippen LogP contribution in [0, 0.1) is 0 Å². The normalized spacial score (nSPS) is 25.2. The predicted octanol–water partition coefficient (Wildman–Crippen LogP) is 0.405. The average molecular weight is 131 g/mol. The highest BCUT2D eigenvalue weighted by Crippen LogP contribution is 2.40. The molecule has 1 fully saturated rings. The van der Waals surface area contributed by atoms with Crippen LogP contribution in [-0.2, 0) is 4.79 Å². The van der Waals surface area contributed by atoms with E-state index in [4.69, 9.17) is 5.73 Å². The first kappa shape index (κ1) is 6.68. The minimum absolute atomic E-state index is 0.368. The lowest BCUT2D eigenvalue weighted by Gasteiger charge is -2.05. The molecule has 0 aromatic rings. The van der Waals surface area contributed by atoms with Gasteiger partial charge >= 0.3 is 0 Å². The van der Waals surface area contributed by atoms with Crippen molar-refractivity contribution in [1.82, 2.24) is 0 Å². The number of hydrogen-bond acceptors (Lipinski definition) is 2. The number of alkyl halides is 1. The van der Waals surface area contributed by atoms with E-state index in [0.29, 0.717) is 12.8 Å². The van der Waals surface area contributed by atoms with Gasteiger partial charge in [-0.2, -0.15) is 0 Å². The summed E-state index contributed by atoms with van der Waals surface area (Å²) in [6, 6.07) is -0.641. The van der Waals surface area contributed by atoms with E-state index in [0.717, 1.165) is 0 Å². The highest BCUT2D eigenvalue weighted by Gasteiger charge is 2.51. The van der Waals surface area contributed by atoms with Crippen molar-refractivity contribution in [3.05, 3.63) is 0 Å². The first-order valence-corrected chi connectivity index (χ1v) is 3.05. The Labute approximate surface area is 53.2 Å². The molecule has 0 aliphatic heterocycles. The maximum atomic E-state index is 12.7. The molecule has 1 rings (SSSR count). The van der Waals surface area contributed by atoms with Crippen molar-refractivity contribution < 1.29 is 9.18 Å². The van der Waals surface area contributed by atoms with Gasteiger partial charge in [0.25, 0.3) is 0 Å². The third kappa shape index (κ3) is 1.10. The fourth-order valence-electron chi connectivity index (χ4n) is 0.764. The second-order valence-electron chi connectivity index (χ2n) is 2.62. The lowest BCUT2D eigenvalue weighted by Crippen LogP contribution is -2.35. The zero-order valence-electron chi connectivity index (χ0n) is 5.36. The molecule has 0 saturated heterocycles. The number of carbonyl (C=O) groups excluding carboxylic acids is 1. The molecule has 0 spiro atoms. The van der Waals surface area contributed by atoms with Crippen molar-refractivity contribution in [3.63, 3.8) is 0 Å². The second kappa shape index (κ2) is 1.77. The third-order valence-electron chi connectivity index (χ3n) is 1.54. The van der Waals surface area contributed by atoms with Crippen LogP contribution in [0.1, 0.15) is 19.8 Å². The van der Waals surface area contributed by atoms with Gasteiger partial charge in [0, 0.05) is 0 Å². The summed E-state index contributed by atoms with van der Waals surface area (Å²) in [5.74, 6) is -0.442. The molecule has 0 aromatic carbocycles. The van der Waals surface area contributed by atoms with Crippen LogP contribution in [0.3, 0.4) is 0 Å². The summed E-state index contributed by atoms with van der Waals surface area (Å²) < 4.78 is 12.7. The molecule has 0 amide bonds. The van der Waals surface area contributed by atoms with Gasteiger partial charge in [0.2, 0.25) is 0 Å². The van der Waals surface area contributed by atoms with Crippen LogP contribution < -0.4 is 5.73 Å². The molecule has 1 aliphatic rings. The summed E-state index contributed by atoms with van der Waals surface area (Å²) in [5, 5.41) is 0. The second-order valence-corrected chi connectivity index (χ2v) is 2.62. The molecule has 0 heterocycles. The van der Waals surface area contributed by atoms with E-state index in [2.05, 4.69) is 0 Å². The molecule has 1 saturated carbocycles. The molecule has 52 valence electrons. The van der Waals surface area contributed by atoms with Gasteiger partial charge in [-0.1, -0.05) is 0 Å². The molecule has 3 heteroatoms. The number of rotatable bonds is 2. The van der Waals surface area contributed by atoms with E-state index in [9.17, 15) is 9.18 Å². The molecular formula is C6H10FNO. The Kier molecular flexibility index (Phi) is 1.31. The van der Waals surface area contributed by atoms with E-state index in [1.807, 2.05) is 0 Å².